The van der Waals surface area contributed by atoms with E-state index in [0.29, 0.717) is 25.0 Å². The largest absolute Gasteiger partial charge is 0.477 e. The van der Waals surface area contributed by atoms with Crippen LogP contribution in [0.15, 0.2) is 42.5 Å². The Bertz CT molecular complexity index is 638. The van der Waals surface area contributed by atoms with Crippen molar-refractivity contribution in [2.45, 2.75) is 26.7 Å². The Morgan fingerprint density at radius 1 is 1.00 bits per heavy atom. The van der Waals surface area contributed by atoms with Crippen molar-refractivity contribution in [3.63, 3.8) is 0 Å². The predicted octanol–water partition coefficient (Wildman–Crippen LogP) is 3.71. The molecule has 7 heteroatoms. The molecule has 0 N–H and O–H groups in total. The average molecular weight is 352 g/mol. The predicted molar refractivity (Wildman–Crippen MR) is 95.1 cm³/mol. The number of hydrogen-bond acceptors (Lipinski definition) is 6. The molecule has 2 rings (SSSR count). The minimum Gasteiger partial charge on any atom is -0.477 e. The first-order valence-corrected chi connectivity index (χ1v) is 10.3. The van der Waals surface area contributed by atoms with E-state index in [-0.39, 0.29) is 0 Å². The van der Waals surface area contributed by atoms with Gasteiger partial charge in [-0.15, -0.1) is 10.2 Å². The number of unbranched alkanes of at least 4 members (excludes halogenated alkanes) is 1. The monoisotopic (exact) mass is 352 g/mol. The van der Waals surface area contributed by atoms with Crippen LogP contribution >= 0.6 is 6.49 Å². The third-order valence-corrected chi connectivity index (χ3v) is 6.08. The molecular formula is C16H21N2O3PS. The van der Waals surface area contributed by atoms with Crippen LogP contribution in [0.4, 0.5) is 0 Å². The van der Waals surface area contributed by atoms with Crippen molar-refractivity contribution in [1.82, 2.24) is 10.2 Å². The van der Waals surface area contributed by atoms with Gasteiger partial charge in [-0.1, -0.05) is 31.5 Å². The quantitative estimate of drug-likeness (QED) is 0.507. The van der Waals surface area contributed by atoms with E-state index in [9.17, 15) is 0 Å². The first-order valence-electron chi connectivity index (χ1n) is 7.64. The van der Waals surface area contributed by atoms with Gasteiger partial charge in [-0.2, -0.15) is 0 Å². The highest BCUT2D eigenvalue weighted by atomic mass is 32.5. The maximum atomic E-state index is 5.88. The van der Waals surface area contributed by atoms with E-state index in [1.54, 1.807) is 12.1 Å². The SMILES string of the molecule is CCCCOc1ccc(OP(=S)(OCC)c2ccccc2)nn1. The molecule has 0 aliphatic rings. The lowest BCUT2D eigenvalue weighted by molar-refractivity contribution is 0.292. The Labute approximate surface area is 142 Å². The van der Waals surface area contributed by atoms with Gasteiger partial charge in [-0.3, -0.25) is 0 Å². The van der Waals surface area contributed by atoms with Crippen molar-refractivity contribution in [3.05, 3.63) is 42.5 Å². The van der Waals surface area contributed by atoms with Gasteiger partial charge in [0.05, 0.1) is 13.2 Å². The molecule has 0 aliphatic carbocycles. The summed E-state index contributed by atoms with van der Waals surface area (Å²) < 4.78 is 17.1. The van der Waals surface area contributed by atoms with E-state index < -0.39 is 6.49 Å². The molecule has 1 aromatic heterocycles. The van der Waals surface area contributed by atoms with Crippen molar-refractivity contribution in [2.24, 2.45) is 0 Å². The first kappa shape index (κ1) is 17.9. The Kier molecular flexibility index (Phi) is 6.96. The minimum atomic E-state index is -2.64. The molecular weight excluding hydrogens is 331 g/mol. The third-order valence-electron chi connectivity index (χ3n) is 2.95. The van der Waals surface area contributed by atoms with Gasteiger partial charge in [-0.25, -0.2) is 0 Å². The molecule has 0 saturated carbocycles. The van der Waals surface area contributed by atoms with Crippen LogP contribution in [-0.2, 0) is 16.3 Å². The van der Waals surface area contributed by atoms with E-state index in [2.05, 4.69) is 17.1 Å². The van der Waals surface area contributed by atoms with Gasteiger partial charge in [0.25, 0.3) is 6.49 Å². The zero-order valence-electron chi connectivity index (χ0n) is 13.3. The minimum absolute atomic E-state index is 0.341. The summed E-state index contributed by atoms with van der Waals surface area (Å²) in [6.45, 7) is 2.46. The van der Waals surface area contributed by atoms with Crippen LogP contribution in [0.1, 0.15) is 26.7 Å². The van der Waals surface area contributed by atoms with Crippen molar-refractivity contribution < 1.29 is 13.8 Å². The van der Waals surface area contributed by atoms with E-state index in [0.717, 1.165) is 18.1 Å². The second kappa shape index (κ2) is 8.96. The van der Waals surface area contributed by atoms with Crippen LogP contribution in [0.5, 0.6) is 11.8 Å². The van der Waals surface area contributed by atoms with Gasteiger partial charge < -0.3 is 13.8 Å². The zero-order chi connectivity index (χ0) is 16.5. The van der Waals surface area contributed by atoms with Gasteiger partial charge in [0.1, 0.15) is 0 Å². The molecule has 1 aromatic carbocycles. The van der Waals surface area contributed by atoms with Crippen LogP contribution in [0.2, 0.25) is 0 Å². The summed E-state index contributed by atoms with van der Waals surface area (Å²) in [5.41, 5.74) is 0. The molecule has 5 nitrogen and oxygen atoms in total. The molecule has 0 saturated heterocycles. The molecule has 0 bridgehead atoms. The van der Waals surface area contributed by atoms with Crippen molar-refractivity contribution in [2.75, 3.05) is 13.2 Å². The molecule has 0 aliphatic heterocycles. The number of rotatable bonds is 9. The van der Waals surface area contributed by atoms with Gasteiger partial charge in [0.2, 0.25) is 11.8 Å². The van der Waals surface area contributed by atoms with Crippen molar-refractivity contribution in [3.8, 4) is 11.8 Å². The van der Waals surface area contributed by atoms with E-state index in [1.807, 2.05) is 37.3 Å². The Morgan fingerprint density at radius 2 is 1.70 bits per heavy atom. The van der Waals surface area contributed by atoms with Crippen molar-refractivity contribution >= 4 is 23.6 Å². The molecule has 0 radical (unpaired) electrons. The molecule has 0 amide bonds. The summed E-state index contributed by atoms with van der Waals surface area (Å²) in [7, 11) is 0. The maximum Gasteiger partial charge on any atom is 0.270 e. The standard InChI is InChI=1S/C16H21N2O3PS/c1-3-5-13-19-15-11-12-16(18-17-15)21-22(23,20-4-2)14-9-7-6-8-10-14/h6-12H,3-5,13H2,1-2H3. The summed E-state index contributed by atoms with van der Waals surface area (Å²) in [5, 5.41) is 8.89. The summed E-state index contributed by atoms with van der Waals surface area (Å²) >= 11 is 5.64. The fourth-order valence-corrected chi connectivity index (χ4v) is 4.25. The molecule has 1 atom stereocenters. The number of hydrogen-bond donors (Lipinski definition) is 0. The summed E-state index contributed by atoms with van der Waals surface area (Å²) in [6.07, 6.45) is 2.06. The summed E-state index contributed by atoms with van der Waals surface area (Å²) in [6, 6.07) is 13.0. The topological polar surface area (TPSA) is 53.5 Å². The highest BCUT2D eigenvalue weighted by Gasteiger charge is 2.23. The smallest absolute Gasteiger partial charge is 0.270 e. The van der Waals surface area contributed by atoms with Gasteiger partial charge in [0.15, 0.2) is 0 Å². The maximum absolute atomic E-state index is 5.88. The number of ether oxygens (including phenoxy) is 1. The molecule has 124 valence electrons. The van der Waals surface area contributed by atoms with Gasteiger partial charge >= 0.3 is 0 Å². The lowest BCUT2D eigenvalue weighted by atomic mass is 10.4. The third kappa shape index (κ3) is 5.27. The second-order valence-electron chi connectivity index (χ2n) is 4.75. The molecule has 0 spiro atoms. The van der Waals surface area contributed by atoms with Crippen LogP contribution in [0.25, 0.3) is 0 Å². The van der Waals surface area contributed by atoms with Gasteiger partial charge in [-0.05, 0) is 37.3 Å². The second-order valence-corrected chi connectivity index (χ2v) is 8.15. The fourth-order valence-electron chi connectivity index (χ4n) is 1.81. The van der Waals surface area contributed by atoms with Crippen LogP contribution in [0, 0.1) is 0 Å². The van der Waals surface area contributed by atoms with Crippen molar-refractivity contribution in [1.29, 1.82) is 0 Å². The van der Waals surface area contributed by atoms with E-state index in [1.165, 1.54) is 0 Å². The molecule has 1 heterocycles. The highest BCUT2D eigenvalue weighted by molar-refractivity contribution is 8.13. The van der Waals surface area contributed by atoms with Crippen LogP contribution in [0.3, 0.4) is 0 Å². The zero-order valence-corrected chi connectivity index (χ0v) is 15.1. The number of benzene rings is 1. The summed E-state index contributed by atoms with van der Waals surface area (Å²) in [5.74, 6) is 0.823. The lowest BCUT2D eigenvalue weighted by Crippen LogP contribution is -2.12. The van der Waals surface area contributed by atoms with Gasteiger partial charge in [0, 0.05) is 17.4 Å². The molecule has 23 heavy (non-hydrogen) atoms. The lowest BCUT2D eigenvalue weighted by Gasteiger charge is -2.21. The number of nitrogens with zero attached hydrogens (tertiary/aromatic N) is 2. The Balaban J connectivity index is 2.10. The number of aromatic nitrogens is 2. The van der Waals surface area contributed by atoms with Crippen LogP contribution < -0.4 is 14.6 Å². The first-order chi connectivity index (χ1) is 11.2. The molecule has 2 aromatic rings. The summed E-state index contributed by atoms with van der Waals surface area (Å²) in [4.78, 5) is 0. The molecule has 0 fully saturated rings. The van der Waals surface area contributed by atoms with E-state index >= 15 is 0 Å². The fraction of sp³-hybridized carbons (Fsp3) is 0.375. The Morgan fingerprint density at radius 3 is 2.30 bits per heavy atom. The average Bonchev–Trinajstić information content (AvgIpc) is 2.58. The molecule has 1 unspecified atom stereocenters. The normalized spacial score (nSPS) is 13.3. The van der Waals surface area contributed by atoms with Crippen LogP contribution in [-0.4, -0.2) is 23.4 Å². The Hall–Kier alpha value is -1.49. The highest BCUT2D eigenvalue weighted by Crippen LogP contribution is 2.46. The van der Waals surface area contributed by atoms with E-state index in [4.69, 9.17) is 25.6 Å².